The summed E-state index contributed by atoms with van der Waals surface area (Å²) < 4.78 is 12.9. The van der Waals surface area contributed by atoms with Crippen molar-refractivity contribution >= 4 is 17.8 Å². The molecule has 0 aliphatic heterocycles. The topological polar surface area (TPSA) is 64.9 Å². The number of likely N-dealkylation sites (N-methyl/N-ethyl adjacent to an activating group) is 1. The maximum absolute atomic E-state index is 12.9. The van der Waals surface area contributed by atoms with Crippen molar-refractivity contribution in [2.75, 3.05) is 24.6 Å². The van der Waals surface area contributed by atoms with Gasteiger partial charge in [0.1, 0.15) is 5.82 Å². The monoisotopic (exact) mass is 343 g/mol. The van der Waals surface area contributed by atoms with Crippen LogP contribution < -0.4 is 10.3 Å². The molecule has 132 valence electrons. The number of hydrazone groups is 1. The maximum atomic E-state index is 12.9. The lowest BCUT2D eigenvalue weighted by molar-refractivity contribution is 0.0955. The Bertz CT molecular complexity index is 745. The van der Waals surface area contributed by atoms with E-state index in [0.717, 1.165) is 23.4 Å². The third-order valence-electron chi connectivity index (χ3n) is 3.85. The molecule has 0 spiro atoms. The Morgan fingerprint density at radius 2 is 2.00 bits per heavy atom. The van der Waals surface area contributed by atoms with E-state index in [1.54, 1.807) is 6.21 Å². The molecule has 5 nitrogen and oxygen atoms in total. The summed E-state index contributed by atoms with van der Waals surface area (Å²) in [5.74, 6) is -0.788. The Kier molecular flexibility index (Phi) is 6.65. The lowest BCUT2D eigenvalue weighted by Crippen LogP contribution is -2.26. The summed E-state index contributed by atoms with van der Waals surface area (Å²) in [5.41, 5.74) is 5.68. The highest BCUT2D eigenvalue weighted by atomic mass is 19.1. The smallest absolute Gasteiger partial charge is 0.271 e. The van der Waals surface area contributed by atoms with Crippen molar-refractivity contribution in [2.24, 2.45) is 5.10 Å². The van der Waals surface area contributed by atoms with Crippen LogP contribution in [0.1, 0.15) is 28.4 Å². The highest BCUT2D eigenvalue weighted by molar-refractivity contribution is 5.95. The predicted octanol–water partition coefficient (Wildman–Crippen LogP) is 2.72. The number of carbonyl (C=O) groups excluding carboxylic acids is 1. The average Bonchev–Trinajstić information content (AvgIpc) is 2.61. The fourth-order valence-electron chi connectivity index (χ4n) is 2.42. The van der Waals surface area contributed by atoms with E-state index in [2.05, 4.69) is 15.4 Å². The lowest BCUT2D eigenvalue weighted by atomic mass is 10.1. The van der Waals surface area contributed by atoms with Gasteiger partial charge in [0, 0.05) is 24.3 Å². The second-order valence-corrected chi connectivity index (χ2v) is 5.55. The first-order valence-electron chi connectivity index (χ1n) is 8.10. The first kappa shape index (κ1) is 18.6. The maximum Gasteiger partial charge on any atom is 0.271 e. The van der Waals surface area contributed by atoms with Crippen molar-refractivity contribution in [2.45, 2.75) is 13.8 Å². The lowest BCUT2D eigenvalue weighted by Gasteiger charge is -2.22. The molecule has 0 unspecified atom stereocenters. The van der Waals surface area contributed by atoms with E-state index in [1.165, 1.54) is 24.3 Å². The molecule has 0 aromatic heterocycles. The van der Waals surface area contributed by atoms with Crippen LogP contribution in [0.3, 0.4) is 0 Å². The molecule has 2 aromatic carbocycles. The molecule has 0 atom stereocenters. The summed E-state index contributed by atoms with van der Waals surface area (Å²) in [5, 5.41) is 13.1. The Hall–Kier alpha value is -2.73. The number of nitrogens with zero attached hydrogens (tertiary/aromatic N) is 2. The molecule has 0 saturated carbocycles. The van der Waals surface area contributed by atoms with Gasteiger partial charge in [-0.2, -0.15) is 5.10 Å². The molecular formula is C19H22FN3O2. The van der Waals surface area contributed by atoms with Gasteiger partial charge in [-0.15, -0.1) is 0 Å². The Labute approximate surface area is 146 Å². The SMILES string of the molecule is CCN(CCO)c1ccc(/C=N\NC(=O)c2ccc(F)cc2)c(C)c1. The minimum Gasteiger partial charge on any atom is -0.395 e. The second-order valence-electron chi connectivity index (χ2n) is 5.55. The summed E-state index contributed by atoms with van der Waals surface area (Å²) in [6.45, 7) is 5.48. The van der Waals surface area contributed by atoms with Crippen molar-refractivity contribution in [1.29, 1.82) is 0 Å². The molecule has 2 rings (SSSR count). The Balaban J connectivity index is 2.03. The average molecular weight is 343 g/mol. The van der Waals surface area contributed by atoms with Crippen LogP contribution in [0, 0.1) is 12.7 Å². The minimum absolute atomic E-state index is 0.103. The molecule has 2 N–H and O–H groups in total. The van der Waals surface area contributed by atoms with E-state index in [-0.39, 0.29) is 6.61 Å². The third kappa shape index (κ3) is 5.12. The van der Waals surface area contributed by atoms with Gasteiger partial charge < -0.3 is 10.0 Å². The fraction of sp³-hybridized carbons (Fsp3) is 0.263. The number of aliphatic hydroxyl groups excluding tert-OH is 1. The van der Waals surface area contributed by atoms with Gasteiger partial charge >= 0.3 is 0 Å². The van der Waals surface area contributed by atoms with Crippen LogP contribution in [0.25, 0.3) is 0 Å². The van der Waals surface area contributed by atoms with E-state index in [1.807, 2.05) is 32.0 Å². The van der Waals surface area contributed by atoms with Crippen molar-refractivity contribution in [1.82, 2.24) is 5.43 Å². The molecule has 0 fully saturated rings. The van der Waals surface area contributed by atoms with Gasteiger partial charge in [0.2, 0.25) is 0 Å². The number of carbonyl (C=O) groups is 1. The molecule has 0 aliphatic rings. The number of amides is 1. The summed E-state index contributed by atoms with van der Waals surface area (Å²) in [7, 11) is 0. The number of hydrogen-bond acceptors (Lipinski definition) is 4. The highest BCUT2D eigenvalue weighted by Gasteiger charge is 2.06. The van der Waals surface area contributed by atoms with Gasteiger partial charge in [-0.05, 0) is 61.4 Å². The number of aliphatic hydroxyl groups is 1. The van der Waals surface area contributed by atoms with Crippen molar-refractivity contribution < 1.29 is 14.3 Å². The van der Waals surface area contributed by atoms with Crippen LogP contribution in [0.15, 0.2) is 47.6 Å². The zero-order valence-electron chi connectivity index (χ0n) is 14.4. The molecular weight excluding hydrogens is 321 g/mol. The van der Waals surface area contributed by atoms with Gasteiger partial charge in [0.15, 0.2) is 0 Å². The van der Waals surface area contributed by atoms with Crippen molar-refractivity contribution in [3.8, 4) is 0 Å². The van der Waals surface area contributed by atoms with E-state index >= 15 is 0 Å². The number of halogens is 1. The third-order valence-corrected chi connectivity index (χ3v) is 3.85. The predicted molar refractivity (Wildman–Crippen MR) is 97.6 cm³/mol. The number of anilines is 1. The van der Waals surface area contributed by atoms with Gasteiger partial charge in [-0.3, -0.25) is 4.79 Å². The molecule has 0 aliphatic carbocycles. The normalized spacial score (nSPS) is 10.9. The number of hydrogen-bond donors (Lipinski definition) is 2. The second kappa shape index (κ2) is 8.94. The van der Waals surface area contributed by atoms with Gasteiger partial charge in [0.25, 0.3) is 5.91 Å². The Morgan fingerprint density at radius 1 is 1.28 bits per heavy atom. The number of rotatable bonds is 7. The van der Waals surface area contributed by atoms with Crippen LogP contribution in [-0.2, 0) is 0 Å². The largest absolute Gasteiger partial charge is 0.395 e. The van der Waals surface area contributed by atoms with Crippen LogP contribution >= 0.6 is 0 Å². The summed E-state index contributed by atoms with van der Waals surface area (Å²) >= 11 is 0. The highest BCUT2D eigenvalue weighted by Crippen LogP contribution is 2.18. The number of aryl methyl sites for hydroxylation is 1. The first-order chi connectivity index (χ1) is 12.0. The Morgan fingerprint density at radius 3 is 2.60 bits per heavy atom. The quantitative estimate of drug-likeness (QED) is 0.600. The number of benzene rings is 2. The van der Waals surface area contributed by atoms with E-state index in [4.69, 9.17) is 5.11 Å². The van der Waals surface area contributed by atoms with Crippen LogP contribution in [0.4, 0.5) is 10.1 Å². The van der Waals surface area contributed by atoms with E-state index < -0.39 is 11.7 Å². The zero-order valence-corrected chi connectivity index (χ0v) is 14.4. The molecule has 2 aromatic rings. The summed E-state index contributed by atoms with van der Waals surface area (Å²) in [6, 6.07) is 11.2. The fourth-order valence-corrected chi connectivity index (χ4v) is 2.42. The minimum atomic E-state index is -0.398. The van der Waals surface area contributed by atoms with E-state index in [0.29, 0.717) is 12.1 Å². The van der Waals surface area contributed by atoms with Crippen LogP contribution in [0.5, 0.6) is 0 Å². The molecule has 1 amide bonds. The standard InChI is InChI=1S/C19H22FN3O2/c1-3-23(10-11-24)18-9-6-16(14(2)12-18)13-21-22-19(25)15-4-7-17(20)8-5-15/h4-9,12-13,24H,3,10-11H2,1-2H3,(H,22,25)/b21-13-. The zero-order chi connectivity index (χ0) is 18.2. The summed E-state index contributed by atoms with van der Waals surface area (Å²) in [4.78, 5) is 14.0. The van der Waals surface area contributed by atoms with Gasteiger partial charge in [-0.25, -0.2) is 9.82 Å². The van der Waals surface area contributed by atoms with Gasteiger partial charge in [-0.1, -0.05) is 6.07 Å². The van der Waals surface area contributed by atoms with Crippen molar-refractivity contribution in [3.63, 3.8) is 0 Å². The molecule has 0 radical (unpaired) electrons. The molecule has 0 bridgehead atoms. The first-order valence-corrected chi connectivity index (χ1v) is 8.10. The van der Waals surface area contributed by atoms with Gasteiger partial charge in [0.05, 0.1) is 12.8 Å². The summed E-state index contributed by atoms with van der Waals surface area (Å²) in [6.07, 6.45) is 1.57. The molecule has 0 saturated heterocycles. The van der Waals surface area contributed by atoms with Crippen LogP contribution in [-0.4, -0.2) is 36.9 Å². The number of nitrogens with one attached hydrogen (secondary N) is 1. The van der Waals surface area contributed by atoms with E-state index in [9.17, 15) is 9.18 Å². The molecule has 0 heterocycles. The molecule has 6 heteroatoms. The van der Waals surface area contributed by atoms with Crippen molar-refractivity contribution in [3.05, 3.63) is 65.0 Å². The van der Waals surface area contributed by atoms with Crippen LogP contribution in [0.2, 0.25) is 0 Å². The molecule has 25 heavy (non-hydrogen) atoms.